The summed E-state index contributed by atoms with van der Waals surface area (Å²) in [4.78, 5) is 30.1. The van der Waals surface area contributed by atoms with E-state index in [0.717, 1.165) is 59.6 Å². The zero-order chi connectivity index (χ0) is 22.9. The second kappa shape index (κ2) is 9.62. The highest BCUT2D eigenvalue weighted by atomic mass is 32.1. The van der Waals surface area contributed by atoms with Crippen LogP contribution in [0.1, 0.15) is 79.2 Å². The smallest absolute Gasteiger partial charge is 0.407 e. The number of thiophene rings is 1. The highest BCUT2D eigenvalue weighted by Crippen LogP contribution is 2.35. The van der Waals surface area contributed by atoms with Gasteiger partial charge in [-0.3, -0.25) is 14.4 Å². The van der Waals surface area contributed by atoms with Crippen molar-refractivity contribution in [2.24, 2.45) is 0 Å². The van der Waals surface area contributed by atoms with Crippen LogP contribution in [0.25, 0.3) is 10.2 Å². The molecule has 8 nitrogen and oxygen atoms in total. The van der Waals surface area contributed by atoms with Crippen LogP contribution < -0.4 is 5.32 Å². The molecule has 0 aromatic carbocycles. The van der Waals surface area contributed by atoms with E-state index in [1.54, 1.807) is 11.3 Å². The first-order valence-corrected chi connectivity index (χ1v) is 13.3. The van der Waals surface area contributed by atoms with Gasteiger partial charge in [-0.15, -0.1) is 11.3 Å². The van der Waals surface area contributed by atoms with Crippen molar-refractivity contribution in [2.75, 3.05) is 26.2 Å². The number of fused-ring (bicyclic) bond motifs is 1. The van der Waals surface area contributed by atoms with Crippen molar-refractivity contribution in [3.8, 4) is 0 Å². The molecule has 2 amide bonds. The lowest BCUT2D eigenvalue weighted by atomic mass is 9.89. The van der Waals surface area contributed by atoms with Crippen molar-refractivity contribution in [3.05, 3.63) is 16.6 Å². The lowest BCUT2D eigenvalue weighted by Crippen LogP contribution is -2.53. The van der Waals surface area contributed by atoms with Gasteiger partial charge in [0, 0.05) is 43.6 Å². The molecule has 3 aliphatic rings. The second-order valence-electron chi connectivity index (χ2n) is 9.94. The van der Waals surface area contributed by atoms with Gasteiger partial charge in [-0.25, -0.2) is 4.79 Å². The maximum Gasteiger partial charge on any atom is 0.407 e. The van der Waals surface area contributed by atoms with E-state index in [1.165, 1.54) is 37.0 Å². The number of piperazine rings is 1. The third kappa shape index (κ3) is 4.75. The summed E-state index contributed by atoms with van der Waals surface area (Å²) < 4.78 is 2.20. The highest BCUT2D eigenvalue weighted by Gasteiger charge is 2.30. The SMILES string of the molecule is Cc1nn(C2CCCCC2)c2sc(C(=O)N[C@H]3CC[C@H](N4CCN(C(=O)O)CC4)CC3)cc12. The Morgan fingerprint density at radius 2 is 1.70 bits per heavy atom. The van der Waals surface area contributed by atoms with Crippen LogP contribution in [-0.2, 0) is 0 Å². The second-order valence-corrected chi connectivity index (χ2v) is 11.0. The molecule has 9 heteroatoms. The molecule has 2 aliphatic carbocycles. The molecule has 0 spiro atoms. The van der Waals surface area contributed by atoms with Gasteiger partial charge in [0.2, 0.25) is 0 Å². The van der Waals surface area contributed by atoms with Gasteiger partial charge >= 0.3 is 6.09 Å². The summed E-state index contributed by atoms with van der Waals surface area (Å²) in [5, 5.41) is 18.4. The summed E-state index contributed by atoms with van der Waals surface area (Å²) in [6.45, 7) is 4.86. The number of nitrogens with one attached hydrogen (secondary N) is 1. The summed E-state index contributed by atoms with van der Waals surface area (Å²) in [5.74, 6) is 0.0457. The Hall–Kier alpha value is -2.13. The van der Waals surface area contributed by atoms with E-state index in [1.807, 2.05) is 13.0 Å². The first kappa shape index (κ1) is 22.7. The maximum absolute atomic E-state index is 13.1. The Labute approximate surface area is 198 Å². The van der Waals surface area contributed by atoms with Crippen molar-refractivity contribution in [3.63, 3.8) is 0 Å². The van der Waals surface area contributed by atoms with Gasteiger partial charge in [0.05, 0.1) is 16.6 Å². The molecule has 1 aliphatic heterocycles. The fourth-order valence-corrected chi connectivity index (χ4v) is 7.01. The predicted octanol–water partition coefficient (Wildman–Crippen LogP) is 4.25. The van der Waals surface area contributed by atoms with Crippen molar-refractivity contribution in [1.82, 2.24) is 24.9 Å². The molecular formula is C24H35N5O3S. The van der Waals surface area contributed by atoms with E-state index in [0.29, 0.717) is 25.2 Å². The fraction of sp³-hybridized carbons (Fsp3) is 0.708. The number of nitrogens with zero attached hydrogens (tertiary/aromatic N) is 4. The molecule has 0 atom stereocenters. The number of hydrogen-bond donors (Lipinski definition) is 2. The third-order valence-electron chi connectivity index (χ3n) is 7.85. The Morgan fingerprint density at radius 3 is 2.36 bits per heavy atom. The van der Waals surface area contributed by atoms with Gasteiger partial charge in [-0.05, 0) is 51.5 Å². The molecule has 0 radical (unpaired) electrons. The zero-order valence-electron chi connectivity index (χ0n) is 19.5. The van der Waals surface area contributed by atoms with Crippen molar-refractivity contribution in [2.45, 2.75) is 82.8 Å². The van der Waals surface area contributed by atoms with Crippen LogP contribution in [0, 0.1) is 6.92 Å². The molecule has 0 unspecified atom stereocenters. The topological polar surface area (TPSA) is 90.7 Å². The minimum atomic E-state index is -0.816. The molecule has 2 aromatic rings. The standard InChI is InChI=1S/C24H35N5O3S/c1-16-20-15-21(33-23(20)29(26-16)19-5-3-2-4-6-19)22(30)25-17-7-9-18(10-8-17)27-11-13-28(14-12-27)24(31)32/h15,17-19H,2-14H2,1H3,(H,25,30)(H,31,32)/t17-,18-. The largest absolute Gasteiger partial charge is 0.465 e. The molecule has 2 saturated carbocycles. The van der Waals surface area contributed by atoms with Crippen molar-refractivity contribution < 1.29 is 14.7 Å². The Balaban J connectivity index is 1.17. The van der Waals surface area contributed by atoms with E-state index < -0.39 is 6.09 Å². The number of carboxylic acid groups (broad SMARTS) is 1. The molecule has 33 heavy (non-hydrogen) atoms. The Morgan fingerprint density at radius 1 is 1.00 bits per heavy atom. The summed E-state index contributed by atoms with van der Waals surface area (Å²) in [7, 11) is 0. The minimum Gasteiger partial charge on any atom is -0.465 e. The number of aromatic nitrogens is 2. The van der Waals surface area contributed by atoms with Crippen LogP contribution in [-0.4, -0.2) is 74.9 Å². The molecule has 3 heterocycles. The molecular weight excluding hydrogens is 438 g/mol. The van der Waals surface area contributed by atoms with E-state index in [4.69, 9.17) is 10.2 Å². The summed E-state index contributed by atoms with van der Waals surface area (Å²) in [6, 6.07) is 3.22. The van der Waals surface area contributed by atoms with Gasteiger partial charge in [-0.2, -0.15) is 5.10 Å². The van der Waals surface area contributed by atoms with Crippen LogP contribution in [0.3, 0.4) is 0 Å². The van der Waals surface area contributed by atoms with Gasteiger partial charge < -0.3 is 15.3 Å². The van der Waals surface area contributed by atoms with Crippen molar-refractivity contribution >= 4 is 33.6 Å². The molecule has 0 bridgehead atoms. The number of rotatable bonds is 4. The maximum atomic E-state index is 13.1. The predicted molar refractivity (Wildman–Crippen MR) is 129 cm³/mol. The first-order chi connectivity index (χ1) is 16.0. The minimum absolute atomic E-state index is 0.0457. The summed E-state index contributed by atoms with van der Waals surface area (Å²) in [6.07, 6.45) is 9.48. The van der Waals surface area contributed by atoms with E-state index in [2.05, 4.69) is 14.9 Å². The number of carbonyl (C=O) groups is 2. The van der Waals surface area contributed by atoms with Gasteiger partial charge in [-0.1, -0.05) is 19.3 Å². The molecule has 2 aromatic heterocycles. The summed E-state index contributed by atoms with van der Waals surface area (Å²) >= 11 is 1.59. The number of amides is 2. The van der Waals surface area contributed by atoms with Gasteiger partial charge in [0.15, 0.2) is 0 Å². The summed E-state index contributed by atoms with van der Waals surface area (Å²) in [5.41, 5.74) is 1.02. The molecule has 3 fully saturated rings. The lowest BCUT2D eigenvalue weighted by molar-refractivity contribution is 0.0681. The average Bonchev–Trinajstić information content (AvgIpc) is 3.41. The molecule has 2 N–H and O–H groups in total. The van der Waals surface area contributed by atoms with E-state index >= 15 is 0 Å². The number of carbonyl (C=O) groups excluding carboxylic acids is 1. The monoisotopic (exact) mass is 473 g/mol. The normalized spacial score (nSPS) is 25.4. The van der Waals surface area contributed by atoms with E-state index in [-0.39, 0.29) is 11.9 Å². The van der Waals surface area contributed by atoms with Crippen LogP contribution in [0.15, 0.2) is 6.07 Å². The average molecular weight is 474 g/mol. The number of hydrogen-bond acceptors (Lipinski definition) is 5. The Bertz CT molecular complexity index is 995. The molecule has 180 valence electrons. The molecule has 1 saturated heterocycles. The van der Waals surface area contributed by atoms with Gasteiger partial charge in [0.1, 0.15) is 4.83 Å². The highest BCUT2D eigenvalue weighted by molar-refractivity contribution is 7.20. The van der Waals surface area contributed by atoms with Crippen LogP contribution in [0.2, 0.25) is 0 Å². The number of aryl methyl sites for hydroxylation is 1. The van der Waals surface area contributed by atoms with Gasteiger partial charge in [0.25, 0.3) is 5.91 Å². The quantitative estimate of drug-likeness (QED) is 0.693. The first-order valence-electron chi connectivity index (χ1n) is 12.5. The van der Waals surface area contributed by atoms with Crippen LogP contribution >= 0.6 is 11.3 Å². The lowest BCUT2D eigenvalue weighted by Gasteiger charge is -2.41. The Kier molecular flexibility index (Phi) is 6.60. The zero-order valence-corrected chi connectivity index (χ0v) is 20.3. The van der Waals surface area contributed by atoms with E-state index in [9.17, 15) is 9.59 Å². The van der Waals surface area contributed by atoms with Crippen LogP contribution in [0.5, 0.6) is 0 Å². The fourth-order valence-electron chi connectivity index (χ4n) is 5.88. The van der Waals surface area contributed by atoms with Crippen LogP contribution in [0.4, 0.5) is 4.79 Å². The molecule has 5 rings (SSSR count). The van der Waals surface area contributed by atoms with Crippen molar-refractivity contribution in [1.29, 1.82) is 0 Å². The third-order valence-corrected chi connectivity index (χ3v) is 8.97.